The van der Waals surface area contributed by atoms with Crippen LogP contribution < -0.4 is 11.1 Å². The minimum Gasteiger partial charge on any atom is -0.441 e. The molecule has 0 spiro atoms. The predicted molar refractivity (Wildman–Crippen MR) is 109 cm³/mol. The number of nitrogens with two attached hydrogens (primary N) is 1. The zero-order valence-electron chi connectivity index (χ0n) is 16.4. The fraction of sp³-hybridized carbons (Fsp3) is 0.143. The molecule has 4 rings (SSSR count). The number of hydrogen-bond acceptors (Lipinski definition) is 6. The van der Waals surface area contributed by atoms with Crippen LogP contribution in [0.15, 0.2) is 52.9 Å². The Hall–Kier alpha value is -4.01. The highest BCUT2D eigenvalue weighted by Gasteiger charge is 2.20. The van der Waals surface area contributed by atoms with Crippen LogP contribution >= 0.6 is 0 Å². The molecule has 0 aliphatic rings. The number of anilines is 2. The third kappa shape index (κ3) is 3.90. The molecular weight excluding hydrogens is 387 g/mol. The molecule has 8 nitrogen and oxygen atoms in total. The van der Waals surface area contributed by atoms with Crippen LogP contribution in [0.3, 0.4) is 0 Å². The van der Waals surface area contributed by atoms with Gasteiger partial charge in [0.25, 0.3) is 5.91 Å². The Kier molecular flexibility index (Phi) is 5.01. The minimum atomic E-state index is -0.582. The number of carbonyl (C=O) groups excluding carboxylic acids is 1. The molecule has 3 N–H and O–H groups in total. The molecule has 4 aromatic rings. The van der Waals surface area contributed by atoms with Gasteiger partial charge in [-0.25, -0.2) is 14.1 Å². The SMILES string of the molecule is Cc1ccc(-c2nc(Cn3nnc(C(=O)Nc4cccc(F)c4)c3N)c(C)o2)cc1. The molecule has 0 saturated heterocycles. The molecule has 0 unspecified atom stereocenters. The van der Waals surface area contributed by atoms with Crippen molar-refractivity contribution in [1.29, 1.82) is 0 Å². The number of hydrogen-bond donors (Lipinski definition) is 2. The van der Waals surface area contributed by atoms with Gasteiger partial charge in [0.2, 0.25) is 5.89 Å². The molecule has 1 amide bonds. The number of aryl methyl sites for hydroxylation is 2. The van der Waals surface area contributed by atoms with E-state index in [0.29, 0.717) is 23.0 Å². The monoisotopic (exact) mass is 406 g/mol. The molecule has 0 radical (unpaired) electrons. The normalized spacial score (nSPS) is 10.9. The number of oxazole rings is 1. The van der Waals surface area contributed by atoms with Gasteiger partial charge in [-0.15, -0.1) is 5.10 Å². The van der Waals surface area contributed by atoms with E-state index in [0.717, 1.165) is 11.1 Å². The van der Waals surface area contributed by atoms with Crippen molar-refractivity contribution in [2.75, 3.05) is 11.1 Å². The molecule has 0 bridgehead atoms. The summed E-state index contributed by atoms with van der Waals surface area (Å²) in [5.74, 6) is 0.136. The average Bonchev–Trinajstić information content (AvgIpc) is 3.26. The van der Waals surface area contributed by atoms with Gasteiger partial charge < -0.3 is 15.5 Å². The second-order valence-electron chi connectivity index (χ2n) is 6.83. The molecule has 0 saturated carbocycles. The highest BCUT2D eigenvalue weighted by Crippen LogP contribution is 2.23. The van der Waals surface area contributed by atoms with Gasteiger partial charge in [0.05, 0.1) is 6.54 Å². The van der Waals surface area contributed by atoms with E-state index in [1.807, 2.05) is 31.2 Å². The number of nitrogens with one attached hydrogen (secondary N) is 1. The summed E-state index contributed by atoms with van der Waals surface area (Å²) in [7, 11) is 0. The van der Waals surface area contributed by atoms with Crippen molar-refractivity contribution >= 4 is 17.4 Å². The van der Waals surface area contributed by atoms with Gasteiger partial charge in [0.15, 0.2) is 11.5 Å². The van der Waals surface area contributed by atoms with Crippen molar-refractivity contribution in [1.82, 2.24) is 20.0 Å². The predicted octanol–water partition coefficient (Wildman–Crippen LogP) is 3.57. The zero-order valence-corrected chi connectivity index (χ0v) is 16.4. The molecule has 0 atom stereocenters. The second-order valence-corrected chi connectivity index (χ2v) is 6.83. The summed E-state index contributed by atoms with van der Waals surface area (Å²) in [6, 6.07) is 13.4. The molecule has 2 heterocycles. The van der Waals surface area contributed by atoms with Gasteiger partial charge in [-0.3, -0.25) is 4.79 Å². The summed E-state index contributed by atoms with van der Waals surface area (Å²) in [6.07, 6.45) is 0. The number of rotatable bonds is 5. The number of benzene rings is 2. The number of halogens is 1. The Morgan fingerprint density at radius 1 is 1.20 bits per heavy atom. The van der Waals surface area contributed by atoms with Crippen molar-refractivity contribution in [3.8, 4) is 11.5 Å². The number of nitrogen functional groups attached to an aromatic ring is 1. The van der Waals surface area contributed by atoms with Crippen molar-refractivity contribution in [3.05, 3.63) is 77.1 Å². The number of nitrogens with zero attached hydrogens (tertiary/aromatic N) is 4. The van der Waals surface area contributed by atoms with Gasteiger partial charge in [0, 0.05) is 11.3 Å². The fourth-order valence-electron chi connectivity index (χ4n) is 2.89. The van der Waals surface area contributed by atoms with Gasteiger partial charge in [-0.2, -0.15) is 0 Å². The largest absolute Gasteiger partial charge is 0.441 e. The van der Waals surface area contributed by atoms with Crippen LogP contribution in [0.4, 0.5) is 15.9 Å². The lowest BCUT2D eigenvalue weighted by Gasteiger charge is -2.04. The number of aromatic nitrogens is 4. The van der Waals surface area contributed by atoms with Gasteiger partial charge in [-0.05, 0) is 44.2 Å². The maximum absolute atomic E-state index is 13.3. The summed E-state index contributed by atoms with van der Waals surface area (Å²) in [4.78, 5) is 17.0. The lowest BCUT2D eigenvalue weighted by atomic mass is 10.1. The van der Waals surface area contributed by atoms with Crippen molar-refractivity contribution in [2.45, 2.75) is 20.4 Å². The Morgan fingerprint density at radius 2 is 1.97 bits per heavy atom. The first kappa shape index (κ1) is 19.3. The number of carbonyl (C=O) groups is 1. The molecule has 2 aromatic heterocycles. The second kappa shape index (κ2) is 7.78. The average molecular weight is 406 g/mol. The van der Waals surface area contributed by atoms with Crippen LogP contribution in [0.2, 0.25) is 0 Å². The lowest BCUT2D eigenvalue weighted by Crippen LogP contribution is -2.15. The summed E-state index contributed by atoms with van der Waals surface area (Å²) >= 11 is 0. The summed E-state index contributed by atoms with van der Waals surface area (Å²) in [6.45, 7) is 3.99. The van der Waals surface area contributed by atoms with E-state index >= 15 is 0 Å². The Bertz CT molecular complexity index is 1210. The van der Waals surface area contributed by atoms with E-state index in [1.54, 1.807) is 13.0 Å². The summed E-state index contributed by atoms with van der Waals surface area (Å²) in [5.41, 5.74) is 8.93. The van der Waals surface area contributed by atoms with Crippen molar-refractivity contribution < 1.29 is 13.6 Å². The van der Waals surface area contributed by atoms with Gasteiger partial charge in [0.1, 0.15) is 17.3 Å². The molecule has 9 heteroatoms. The van der Waals surface area contributed by atoms with Crippen LogP contribution in [0.1, 0.15) is 27.5 Å². The Morgan fingerprint density at radius 3 is 2.70 bits per heavy atom. The Balaban J connectivity index is 1.53. The van der Waals surface area contributed by atoms with E-state index in [-0.39, 0.29) is 18.1 Å². The standard InChI is InChI=1S/C21H19FN6O2/c1-12-6-8-14(9-7-12)21-25-17(13(2)30-21)11-28-19(23)18(26-27-28)20(29)24-16-5-3-4-15(22)10-16/h3-10H,11,23H2,1-2H3,(H,24,29). The molecule has 0 aliphatic carbocycles. The molecular formula is C21H19FN6O2. The maximum atomic E-state index is 13.3. The zero-order chi connectivity index (χ0) is 21.3. The van der Waals surface area contributed by atoms with Crippen LogP contribution in [-0.4, -0.2) is 25.9 Å². The van der Waals surface area contributed by atoms with E-state index in [1.165, 1.54) is 22.9 Å². The van der Waals surface area contributed by atoms with Crippen molar-refractivity contribution in [3.63, 3.8) is 0 Å². The van der Waals surface area contributed by atoms with Crippen LogP contribution in [0.5, 0.6) is 0 Å². The molecule has 2 aromatic carbocycles. The van der Waals surface area contributed by atoms with Gasteiger partial charge in [-0.1, -0.05) is 29.0 Å². The lowest BCUT2D eigenvalue weighted by molar-refractivity contribution is 0.102. The molecule has 30 heavy (non-hydrogen) atoms. The van der Waals surface area contributed by atoms with Gasteiger partial charge >= 0.3 is 0 Å². The third-order valence-electron chi connectivity index (χ3n) is 4.56. The first-order valence-electron chi connectivity index (χ1n) is 9.20. The van der Waals surface area contributed by atoms with Crippen LogP contribution in [-0.2, 0) is 6.54 Å². The van der Waals surface area contributed by atoms with Crippen LogP contribution in [0.25, 0.3) is 11.5 Å². The Labute approximate surface area is 171 Å². The first-order chi connectivity index (χ1) is 14.4. The summed E-state index contributed by atoms with van der Waals surface area (Å²) in [5, 5.41) is 10.4. The maximum Gasteiger partial charge on any atom is 0.280 e. The number of amides is 1. The summed E-state index contributed by atoms with van der Waals surface area (Å²) < 4.78 is 20.4. The molecule has 0 aliphatic heterocycles. The topological polar surface area (TPSA) is 112 Å². The fourth-order valence-corrected chi connectivity index (χ4v) is 2.89. The quantitative estimate of drug-likeness (QED) is 0.524. The van der Waals surface area contributed by atoms with E-state index < -0.39 is 11.7 Å². The van der Waals surface area contributed by atoms with E-state index in [9.17, 15) is 9.18 Å². The molecule has 152 valence electrons. The molecule has 0 fully saturated rings. The van der Waals surface area contributed by atoms with E-state index in [4.69, 9.17) is 10.2 Å². The van der Waals surface area contributed by atoms with Crippen LogP contribution in [0, 0.1) is 19.7 Å². The highest BCUT2D eigenvalue weighted by molar-refractivity contribution is 6.05. The highest BCUT2D eigenvalue weighted by atomic mass is 19.1. The smallest absolute Gasteiger partial charge is 0.280 e. The first-order valence-corrected chi connectivity index (χ1v) is 9.20. The third-order valence-corrected chi connectivity index (χ3v) is 4.56. The van der Waals surface area contributed by atoms with E-state index in [2.05, 4.69) is 20.6 Å². The minimum absolute atomic E-state index is 0.0563. The van der Waals surface area contributed by atoms with Crippen molar-refractivity contribution in [2.24, 2.45) is 0 Å².